The summed E-state index contributed by atoms with van der Waals surface area (Å²) in [5.41, 5.74) is 1.66. The third-order valence-corrected chi connectivity index (χ3v) is 5.68. The first-order valence-electron chi connectivity index (χ1n) is 5.21. The van der Waals surface area contributed by atoms with Crippen molar-refractivity contribution in [2.75, 3.05) is 0 Å². The van der Waals surface area contributed by atoms with Crippen LogP contribution in [-0.2, 0) is 6.42 Å². The maximum atomic E-state index is 11.2. The minimum absolute atomic E-state index is 0.534. The number of carbonyl (C=O) groups is 1. The molecule has 2 aliphatic carbocycles. The lowest BCUT2D eigenvalue weighted by molar-refractivity contribution is 0.0695. The van der Waals surface area contributed by atoms with E-state index in [0.717, 1.165) is 21.7 Å². The highest BCUT2D eigenvalue weighted by Crippen LogP contribution is 2.51. The van der Waals surface area contributed by atoms with Gasteiger partial charge in [-0.2, -0.15) is 0 Å². The van der Waals surface area contributed by atoms with Crippen LogP contribution in [0.3, 0.4) is 0 Å². The predicted octanol–water partition coefficient (Wildman–Crippen LogP) is 3.65. The van der Waals surface area contributed by atoms with Crippen LogP contribution in [0.25, 0.3) is 0 Å². The standard InChI is InChI=1S/C11H11BrO2S/c12-10-8(11(13)14)7-4-5-1-2-6(3-5)9(7)15-10/h5-6H,1-4H2,(H,13,14). The van der Waals surface area contributed by atoms with Crippen LogP contribution in [0.2, 0.25) is 0 Å². The van der Waals surface area contributed by atoms with Gasteiger partial charge in [0.25, 0.3) is 0 Å². The van der Waals surface area contributed by atoms with Gasteiger partial charge in [0, 0.05) is 4.88 Å². The number of hydrogen-bond acceptors (Lipinski definition) is 2. The number of fused-ring (bicyclic) bond motifs is 4. The zero-order valence-electron chi connectivity index (χ0n) is 8.12. The van der Waals surface area contributed by atoms with Crippen molar-refractivity contribution in [2.45, 2.75) is 31.6 Å². The van der Waals surface area contributed by atoms with Crippen LogP contribution in [0.4, 0.5) is 0 Å². The molecule has 0 amide bonds. The zero-order valence-corrected chi connectivity index (χ0v) is 10.5. The molecule has 0 radical (unpaired) electrons. The zero-order chi connectivity index (χ0) is 10.6. The van der Waals surface area contributed by atoms with Gasteiger partial charge < -0.3 is 5.11 Å². The largest absolute Gasteiger partial charge is 0.478 e. The topological polar surface area (TPSA) is 37.3 Å². The summed E-state index contributed by atoms with van der Waals surface area (Å²) in [7, 11) is 0. The second kappa shape index (κ2) is 3.32. The second-order valence-corrected chi connectivity index (χ2v) is 6.85. The highest BCUT2D eigenvalue weighted by atomic mass is 79.9. The van der Waals surface area contributed by atoms with E-state index < -0.39 is 5.97 Å². The van der Waals surface area contributed by atoms with E-state index in [1.807, 2.05) is 0 Å². The minimum Gasteiger partial charge on any atom is -0.478 e. The molecule has 0 aromatic carbocycles. The van der Waals surface area contributed by atoms with Crippen molar-refractivity contribution in [3.05, 3.63) is 19.8 Å². The molecule has 0 aliphatic heterocycles. The third-order valence-electron chi connectivity index (χ3n) is 3.61. The molecule has 1 fully saturated rings. The molecule has 15 heavy (non-hydrogen) atoms. The van der Waals surface area contributed by atoms with Gasteiger partial charge in [-0.05, 0) is 59.0 Å². The van der Waals surface area contributed by atoms with E-state index in [0.29, 0.717) is 11.5 Å². The molecule has 2 atom stereocenters. The van der Waals surface area contributed by atoms with Gasteiger partial charge in [0.05, 0.1) is 9.35 Å². The SMILES string of the molecule is O=C(O)c1c(Br)sc2c1CC1CCC2C1. The summed E-state index contributed by atoms with van der Waals surface area (Å²) in [6.45, 7) is 0. The number of halogens is 1. The maximum absolute atomic E-state index is 11.2. The molecule has 2 bridgehead atoms. The molecule has 1 saturated carbocycles. The van der Waals surface area contributed by atoms with Crippen molar-refractivity contribution in [3.8, 4) is 0 Å². The summed E-state index contributed by atoms with van der Waals surface area (Å²) >= 11 is 5.03. The first kappa shape index (κ1) is 9.85. The molecule has 4 heteroatoms. The highest BCUT2D eigenvalue weighted by Gasteiger charge is 2.37. The minimum atomic E-state index is -0.777. The van der Waals surface area contributed by atoms with E-state index in [9.17, 15) is 9.90 Å². The Morgan fingerprint density at radius 3 is 3.00 bits per heavy atom. The number of carboxylic acids is 1. The average Bonchev–Trinajstić information content (AvgIpc) is 2.69. The van der Waals surface area contributed by atoms with Gasteiger partial charge in [0.1, 0.15) is 0 Å². The van der Waals surface area contributed by atoms with Crippen LogP contribution in [0, 0.1) is 5.92 Å². The summed E-state index contributed by atoms with van der Waals surface area (Å²) in [6, 6.07) is 0. The summed E-state index contributed by atoms with van der Waals surface area (Å²) in [5, 5.41) is 9.18. The molecule has 80 valence electrons. The Morgan fingerprint density at radius 1 is 1.47 bits per heavy atom. The van der Waals surface area contributed by atoms with Crippen LogP contribution >= 0.6 is 27.3 Å². The van der Waals surface area contributed by atoms with E-state index in [-0.39, 0.29) is 0 Å². The number of hydrogen-bond donors (Lipinski definition) is 1. The molecule has 2 nitrogen and oxygen atoms in total. The lowest BCUT2D eigenvalue weighted by Gasteiger charge is -2.19. The Kier molecular flexibility index (Phi) is 2.18. The maximum Gasteiger partial charge on any atom is 0.338 e. The average molecular weight is 287 g/mol. The van der Waals surface area contributed by atoms with Crippen LogP contribution in [0.1, 0.15) is 46.0 Å². The molecular weight excluding hydrogens is 276 g/mol. The Labute approximate surface area is 100 Å². The van der Waals surface area contributed by atoms with Gasteiger partial charge in [-0.3, -0.25) is 0 Å². The van der Waals surface area contributed by atoms with Crippen LogP contribution in [-0.4, -0.2) is 11.1 Å². The fourth-order valence-corrected chi connectivity index (χ4v) is 5.11. The molecule has 3 rings (SSSR count). The molecule has 2 aliphatic rings. The molecule has 0 saturated heterocycles. The normalized spacial score (nSPS) is 27.8. The smallest absolute Gasteiger partial charge is 0.338 e. The van der Waals surface area contributed by atoms with Crippen molar-refractivity contribution >= 4 is 33.2 Å². The molecule has 1 heterocycles. The molecular formula is C11H11BrO2S. The number of thiophene rings is 1. The summed E-state index contributed by atoms with van der Waals surface area (Å²) in [6.07, 6.45) is 4.79. The van der Waals surface area contributed by atoms with E-state index in [2.05, 4.69) is 15.9 Å². The first-order chi connectivity index (χ1) is 7.16. The van der Waals surface area contributed by atoms with Crippen molar-refractivity contribution in [1.82, 2.24) is 0 Å². The summed E-state index contributed by atoms with van der Waals surface area (Å²) in [4.78, 5) is 12.5. The van der Waals surface area contributed by atoms with E-state index in [1.165, 1.54) is 24.1 Å². The molecule has 1 aromatic heterocycles. The lowest BCUT2D eigenvalue weighted by Crippen LogP contribution is -2.11. The Hall–Kier alpha value is -0.350. The molecule has 1 aromatic rings. The number of rotatable bonds is 1. The van der Waals surface area contributed by atoms with E-state index in [1.54, 1.807) is 11.3 Å². The van der Waals surface area contributed by atoms with Gasteiger partial charge in [0.2, 0.25) is 0 Å². The fourth-order valence-electron chi connectivity index (χ4n) is 2.98. The van der Waals surface area contributed by atoms with Gasteiger partial charge in [-0.25, -0.2) is 4.79 Å². The lowest BCUT2D eigenvalue weighted by atomic mass is 9.87. The first-order valence-corrected chi connectivity index (χ1v) is 6.82. The highest BCUT2D eigenvalue weighted by molar-refractivity contribution is 9.11. The predicted molar refractivity (Wildman–Crippen MR) is 62.8 cm³/mol. The van der Waals surface area contributed by atoms with E-state index >= 15 is 0 Å². The van der Waals surface area contributed by atoms with Crippen molar-refractivity contribution in [3.63, 3.8) is 0 Å². The van der Waals surface area contributed by atoms with Crippen molar-refractivity contribution in [1.29, 1.82) is 0 Å². The summed E-state index contributed by atoms with van der Waals surface area (Å²) < 4.78 is 0.813. The van der Waals surface area contributed by atoms with Gasteiger partial charge in [0.15, 0.2) is 0 Å². The summed E-state index contributed by atoms with van der Waals surface area (Å²) in [5.74, 6) is 0.607. The number of carboxylic acid groups (broad SMARTS) is 1. The van der Waals surface area contributed by atoms with Gasteiger partial charge in [-0.1, -0.05) is 0 Å². The third kappa shape index (κ3) is 1.38. The second-order valence-electron chi connectivity index (χ2n) is 4.48. The molecule has 2 unspecified atom stereocenters. The fraction of sp³-hybridized carbons (Fsp3) is 0.545. The van der Waals surface area contributed by atoms with Crippen LogP contribution < -0.4 is 0 Å². The molecule has 1 N–H and O–H groups in total. The van der Waals surface area contributed by atoms with Gasteiger partial charge in [-0.15, -0.1) is 11.3 Å². The van der Waals surface area contributed by atoms with Crippen molar-refractivity contribution < 1.29 is 9.90 Å². The van der Waals surface area contributed by atoms with Crippen molar-refractivity contribution in [2.24, 2.45) is 5.92 Å². The quantitative estimate of drug-likeness (QED) is 0.856. The molecule has 0 spiro atoms. The van der Waals surface area contributed by atoms with Gasteiger partial charge >= 0.3 is 5.97 Å². The Balaban J connectivity index is 2.17. The van der Waals surface area contributed by atoms with Crippen LogP contribution in [0.5, 0.6) is 0 Å². The van der Waals surface area contributed by atoms with Crippen LogP contribution in [0.15, 0.2) is 3.79 Å². The Morgan fingerprint density at radius 2 is 2.27 bits per heavy atom. The number of aromatic carboxylic acids is 1. The monoisotopic (exact) mass is 286 g/mol. The van der Waals surface area contributed by atoms with E-state index in [4.69, 9.17) is 0 Å². The Bertz CT molecular complexity index is 438.